The lowest BCUT2D eigenvalue weighted by molar-refractivity contribution is -0.0125. The van der Waals surface area contributed by atoms with E-state index in [1.165, 1.54) is 12.8 Å². The SMILES string of the molecule is CCOC1CC(NCC(C)(C)C(C)C)C1. The third-order valence-electron chi connectivity index (χ3n) is 3.91. The fraction of sp³-hybridized carbons (Fsp3) is 1.00. The molecule has 0 atom stereocenters. The molecule has 1 rings (SSSR count). The average Bonchev–Trinajstić information content (AvgIpc) is 2.08. The van der Waals surface area contributed by atoms with Gasteiger partial charge in [0.05, 0.1) is 6.10 Å². The molecule has 0 aromatic heterocycles. The Kier molecular flexibility index (Phi) is 4.60. The van der Waals surface area contributed by atoms with E-state index in [-0.39, 0.29) is 0 Å². The van der Waals surface area contributed by atoms with Crippen molar-refractivity contribution in [3.05, 3.63) is 0 Å². The van der Waals surface area contributed by atoms with Crippen molar-refractivity contribution >= 4 is 0 Å². The predicted octanol–water partition coefficient (Wildman–Crippen LogP) is 2.83. The van der Waals surface area contributed by atoms with Gasteiger partial charge >= 0.3 is 0 Å². The van der Waals surface area contributed by atoms with Crippen LogP contribution in [0.15, 0.2) is 0 Å². The molecule has 0 saturated heterocycles. The first kappa shape index (κ1) is 13.0. The summed E-state index contributed by atoms with van der Waals surface area (Å²) < 4.78 is 5.55. The van der Waals surface area contributed by atoms with Crippen LogP contribution in [0.25, 0.3) is 0 Å². The Balaban J connectivity index is 2.13. The lowest BCUT2D eigenvalue weighted by Crippen LogP contribution is -2.48. The molecule has 1 N–H and O–H groups in total. The van der Waals surface area contributed by atoms with Crippen LogP contribution in [0.2, 0.25) is 0 Å². The van der Waals surface area contributed by atoms with Crippen molar-refractivity contribution in [2.75, 3.05) is 13.2 Å². The Morgan fingerprint density at radius 2 is 1.93 bits per heavy atom. The van der Waals surface area contributed by atoms with Crippen LogP contribution in [0.4, 0.5) is 0 Å². The Bertz CT molecular complexity index is 183. The highest BCUT2D eigenvalue weighted by atomic mass is 16.5. The van der Waals surface area contributed by atoms with Gasteiger partial charge in [0, 0.05) is 19.2 Å². The molecule has 1 saturated carbocycles. The highest BCUT2D eigenvalue weighted by molar-refractivity contribution is 4.88. The second-order valence-electron chi connectivity index (χ2n) is 5.77. The Labute approximate surface area is 94.8 Å². The molecule has 1 aliphatic rings. The van der Waals surface area contributed by atoms with E-state index in [0.29, 0.717) is 17.6 Å². The maximum Gasteiger partial charge on any atom is 0.0604 e. The van der Waals surface area contributed by atoms with Gasteiger partial charge in [0.25, 0.3) is 0 Å². The molecule has 0 bridgehead atoms. The minimum absolute atomic E-state index is 0.400. The number of hydrogen-bond acceptors (Lipinski definition) is 2. The molecule has 90 valence electrons. The van der Waals surface area contributed by atoms with Crippen molar-refractivity contribution in [1.29, 1.82) is 0 Å². The maximum absolute atomic E-state index is 5.55. The van der Waals surface area contributed by atoms with Crippen molar-refractivity contribution in [1.82, 2.24) is 5.32 Å². The third kappa shape index (κ3) is 3.76. The van der Waals surface area contributed by atoms with Crippen LogP contribution in [0.3, 0.4) is 0 Å². The largest absolute Gasteiger partial charge is 0.378 e. The second-order valence-corrected chi connectivity index (χ2v) is 5.77. The van der Waals surface area contributed by atoms with Gasteiger partial charge in [-0.1, -0.05) is 27.7 Å². The summed E-state index contributed by atoms with van der Waals surface area (Å²) >= 11 is 0. The maximum atomic E-state index is 5.55. The van der Waals surface area contributed by atoms with E-state index < -0.39 is 0 Å². The Morgan fingerprint density at radius 3 is 2.40 bits per heavy atom. The van der Waals surface area contributed by atoms with Gasteiger partial charge in [-0.05, 0) is 31.1 Å². The molecule has 0 aromatic rings. The molecule has 0 aliphatic heterocycles. The molecule has 2 nitrogen and oxygen atoms in total. The van der Waals surface area contributed by atoms with Crippen LogP contribution in [-0.2, 0) is 4.74 Å². The smallest absolute Gasteiger partial charge is 0.0604 e. The third-order valence-corrected chi connectivity index (χ3v) is 3.91. The van der Waals surface area contributed by atoms with E-state index in [0.717, 1.165) is 19.1 Å². The predicted molar refractivity (Wildman–Crippen MR) is 65.1 cm³/mol. The minimum Gasteiger partial charge on any atom is -0.378 e. The topological polar surface area (TPSA) is 21.3 Å². The zero-order valence-corrected chi connectivity index (χ0v) is 11.0. The van der Waals surface area contributed by atoms with Gasteiger partial charge in [0.15, 0.2) is 0 Å². The fourth-order valence-corrected chi connectivity index (χ4v) is 1.72. The van der Waals surface area contributed by atoms with Gasteiger partial charge < -0.3 is 10.1 Å². The highest BCUT2D eigenvalue weighted by Gasteiger charge is 2.31. The molecule has 0 unspecified atom stereocenters. The van der Waals surface area contributed by atoms with Gasteiger partial charge in [-0.2, -0.15) is 0 Å². The van der Waals surface area contributed by atoms with E-state index in [4.69, 9.17) is 4.74 Å². The van der Waals surface area contributed by atoms with E-state index in [9.17, 15) is 0 Å². The fourth-order valence-electron chi connectivity index (χ4n) is 1.72. The molecular formula is C13H27NO. The zero-order chi connectivity index (χ0) is 11.5. The average molecular weight is 213 g/mol. The van der Waals surface area contributed by atoms with E-state index >= 15 is 0 Å². The van der Waals surface area contributed by atoms with Crippen molar-refractivity contribution < 1.29 is 4.74 Å². The molecule has 0 radical (unpaired) electrons. The van der Waals surface area contributed by atoms with Crippen LogP contribution in [0.5, 0.6) is 0 Å². The highest BCUT2D eigenvalue weighted by Crippen LogP contribution is 2.28. The molecule has 2 heteroatoms. The summed E-state index contributed by atoms with van der Waals surface area (Å²) in [7, 11) is 0. The van der Waals surface area contributed by atoms with Gasteiger partial charge in [0.2, 0.25) is 0 Å². The van der Waals surface area contributed by atoms with Gasteiger partial charge in [-0.25, -0.2) is 0 Å². The van der Waals surface area contributed by atoms with Crippen LogP contribution in [0, 0.1) is 11.3 Å². The lowest BCUT2D eigenvalue weighted by atomic mass is 9.80. The molecule has 0 amide bonds. The molecular weight excluding hydrogens is 186 g/mol. The van der Waals surface area contributed by atoms with Gasteiger partial charge in [0.1, 0.15) is 0 Å². The van der Waals surface area contributed by atoms with Crippen LogP contribution >= 0.6 is 0 Å². The van der Waals surface area contributed by atoms with Crippen LogP contribution < -0.4 is 5.32 Å². The molecule has 1 fully saturated rings. The van der Waals surface area contributed by atoms with Crippen molar-refractivity contribution in [2.45, 2.75) is 59.6 Å². The summed E-state index contributed by atoms with van der Waals surface area (Å²) in [6.45, 7) is 13.3. The molecule has 1 aliphatic carbocycles. The van der Waals surface area contributed by atoms with Crippen molar-refractivity contribution in [3.63, 3.8) is 0 Å². The number of hydrogen-bond donors (Lipinski definition) is 1. The summed E-state index contributed by atoms with van der Waals surface area (Å²) in [5.41, 5.74) is 0.400. The van der Waals surface area contributed by atoms with Gasteiger partial charge in [-0.15, -0.1) is 0 Å². The number of rotatable bonds is 6. The zero-order valence-electron chi connectivity index (χ0n) is 11.0. The first-order chi connectivity index (χ1) is 6.95. The lowest BCUT2D eigenvalue weighted by Gasteiger charge is -2.39. The minimum atomic E-state index is 0.400. The summed E-state index contributed by atoms with van der Waals surface area (Å²) in [4.78, 5) is 0. The molecule has 0 spiro atoms. The number of ether oxygens (including phenoxy) is 1. The summed E-state index contributed by atoms with van der Waals surface area (Å²) in [6.07, 6.45) is 2.92. The standard InChI is InChI=1S/C13H27NO/c1-6-15-12-7-11(8-12)14-9-13(4,5)10(2)3/h10-12,14H,6-9H2,1-5H3. The molecule has 0 aromatic carbocycles. The Morgan fingerprint density at radius 1 is 1.33 bits per heavy atom. The second kappa shape index (κ2) is 5.31. The first-order valence-corrected chi connectivity index (χ1v) is 6.30. The van der Waals surface area contributed by atoms with Crippen LogP contribution in [0.1, 0.15) is 47.5 Å². The monoisotopic (exact) mass is 213 g/mol. The van der Waals surface area contributed by atoms with Crippen LogP contribution in [-0.4, -0.2) is 25.3 Å². The normalized spacial score (nSPS) is 26.8. The summed E-state index contributed by atoms with van der Waals surface area (Å²) in [6, 6.07) is 0.694. The van der Waals surface area contributed by atoms with Gasteiger partial charge in [-0.3, -0.25) is 0 Å². The first-order valence-electron chi connectivity index (χ1n) is 6.30. The van der Waals surface area contributed by atoms with Crippen molar-refractivity contribution in [2.24, 2.45) is 11.3 Å². The molecule has 15 heavy (non-hydrogen) atoms. The number of nitrogens with one attached hydrogen (secondary N) is 1. The van der Waals surface area contributed by atoms with Crippen molar-refractivity contribution in [3.8, 4) is 0 Å². The van der Waals surface area contributed by atoms with E-state index in [1.54, 1.807) is 0 Å². The van der Waals surface area contributed by atoms with E-state index in [1.807, 2.05) is 0 Å². The summed E-state index contributed by atoms with van der Waals surface area (Å²) in [5, 5.41) is 3.65. The Hall–Kier alpha value is -0.0800. The molecule has 0 heterocycles. The summed E-state index contributed by atoms with van der Waals surface area (Å²) in [5.74, 6) is 0.729. The van der Waals surface area contributed by atoms with E-state index in [2.05, 4.69) is 39.9 Å². The quantitative estimate of drug-likeness (QED) is 0.732.